The highest BCUT2D eigenvalue weighted by Crippen LogP contribution is 2.41. The standard InChI is InChI=1S/C25H27F5N8O3S2/c1-13(2)23(39)37-7-6-36(10-14(37)3)17-9-15(43(40,41)35-24(11-31)4-5-24)8-16-18(21-32-33-22(42-21)20(26)27)34-38(19(16)17)12-25(28,29)30/h8-9,13-14,20,35H,4-7,10,12H2,1-3H3/t14-/m1/s1. The summed E-state index contributed by atoms with van der Waals surface area (Å²) in [7, 11) is -4.38. The Morgan fingerprint density at radius 1 is 1.23 bits per heavy atom. The zero-order valence-electron chi connectivity index (χ0n) is 23.2. The molecular formula is C25H27F5N8O3S2. The minimum Gasteiger partial charge on any atom is -0.366 e. The minimum atomic E-state index is -4.74. The van der Waals surface area contributed by atoms with Crippen LogP contribution in [0.4, 0.5) is 27.6 Å². The fraction of sp³-hybridized carbons (Fsp3) is 0.560. The van der Waals surface area contributed by atoms with Crippen LogP contribution in [0.15, 0.2) is 17.0 Å². The van der Waals surface area contributed by atoms with Gasteiger partial charge in [-0.25, -0.2) is 17.2 Å². The Bertz CT molecular complexity index is 1710. The van der Waals surface area contributed by atoms with E-state index in [-0.39, 0.29) is 82.5 Å². The summed E-state index contributed by atoms with van der Waals surface area (Å²) in [6.45, 7) is 4.28. The molecule has 1 N–H and O–H groups in total. The van der Waals surface area contributed by atoms with Gasteiger partial charge in [0.1, 0.15) is 17.8 Å². The molecule has 0 bridgehead atoms. The number of halogens is 5. The number of nitrogens with one attached hydrogen (secondary N) is 1. The first-order valence-corrected chi connectivity index (χ1v) is 15.6. The van der Waals surface area contributed by atoms with Crippen molar-refractivity contribution in [1.29, 1.82) is 5.26 Å². The summed E-state index contributed by atoms with van der Waals surface area (Å²) in [5.74, 6) is -0.379. The number of benzene rings is 1. The smallest absolute Gasteiger partial charge is 0.366 e. The largest absolute Gasteiger partial charge is 0.408 e. The summed E-state index contributed by atoms with van der Waals surface area (Å²) < 4.78 is 98.0. The predicted molar refractivity (Wildman–Crippen MR) is 146 cm³/mol. The monoisotopic (exact) mass is 646 g/mol. The zero-order valence-corrected chi connectivity index (χ0v) is 24.8. The highest BCUT2D eigenvalue weighted by Gasteiger charge is 2.47. The van der Waals surface area contributed by atoms with Gasteiger partial charge in [0.25, 0.3) is 6.43 Å². The molecule has 1 aliphatic carbocycles. The molecular weight excluding hydrogens is 619 g/mol. The number of hydrogen-bond donors (Lipinski definition) is 1. The van der Waals surface area contributed by atoms with E-state index in [0.717, 1.165) is 6.07 Å². The molecule has 1 aromatic carbocycles. The molecule has 1 saturated heterocycles. The quantitative estimate of drug-likeness (QED) is 0.362. The molecule has 0 unspecified atom stereocenters. The Morgan fingerprint density at radius 3 is 2.47 bits per heavy atom. The van der Waals surface area contributed by atoms with Crippen LogP contribution in [0.5, 0.6) is 0 Å². The maximum atomic E-state index is 13.8. The number of hydrogen-bond acceptors (Lipinski definition) is 9. The third-order valence-corrected chi connectivity index (χ3v) is 9.76. The number of rotatable bonds is 8. The number of nitrogens with zero attached hydrogens (tertiary/aromatic N) is 7. The summed E-state index contributed by atoms with van der Waals surface area (Å²) in [5, 5.41) is 19.7. The van der Waals surface area contributed by atoms with Crippen molar-refractivity contribution in [3.05, 3.63) is 17.1 Å². The molecule has 0 radical (unpaired) electrons. The molecule has 2 aliphatic rings. The fourth-order valence-corrected chi connectivity index (χ4v) is 7.16. The number of aromatic nitrogens is 4. The van der Waals surface area contributed by atoms with Gasteiger partial charge in [-0.05, 0) is 31.9 Å². The van der Waals surface area contributed by atoms with Gasteiger partial charge in [0.05, 0.1) is 22.2 Å². The Morgan fingerprint density at radius 2 is 1.93 bits per heavy atom. The summed E-state index contributed by atoms with van der Waals surface area (Å²) in [6, 6.07) is 3.88. The van der Waals surface area contributed by atoms with Crippen LogP contribution in [-0.2, 0) is 21.4 Å². The van der Waals surface area contributed by atoms with Gasteiger partial charge in [-0.2, -0.15) is 28.3 Å². The average molecular weight is 647 g/mol. The van der Waals surface area contributed by atoms with Gasteiger partial charge >= 0.3 is 6.18 Å². The van der Waals surface area contributed by atoms with Gasteiger partial charge in [-0.3, -0.25) is 9.48 Å². The van der Waals surface area contributed by atoms with Crippen molar-refractivity contribution in [2.45, 2.75) is 69.2 Å². The molecule has 1 amide bonds. The van der Waals surface area contributed by atoms with E-state index in [2.05, 4.69) is 20.0 Å². The number of nitriles is 1. The number of anilines is 1. The molecule has 3 heterocycles. The van der Waals surface area contributed by atoms with Crippen molar-refractivity contribution in [3.63, 3.8) is 0 Å². The van der Waals surface area contributed by atoms with Crippen LogP contribution in [0, 0.1) is 17.2 Å². The topological polar surface area (TPSA) is 137 Å². The molecule has 3 aromatic rings. The molecule has 1 atom stereocenters. The molecule has 232 valence electrons. The summed E-state index contributed by atoms with van der Waals surface area (Å²) in [5.41, 5.74) is -1.54. The number of alkyl halides is 5. The SMILES string of the molecule is CC(C)C(=O)N1CCN(c2cc(S(=O)(=O)NC3(C#N)CC3)cc3c(-c4nnc(C(F)F)s4)nn(CC(F)(F)F)c23)C[C@H]1C. The van der Waals surface area contributed by atoms with Gasteiger partial charge in [0, 0.05) is 37.0 Å². The molecule has 0 spiro atoms. The molecule has 11 nitrogen and oxygen atoms in total. The van der Waals surface area contributed by atoms with Crippen molar-refractivity contribution < 1.29 is 35.2 Å². The minimum absolute atomic E-state index is 0.0748. The van der Waals surface area contributed by atoms with Crippen LogP contribution in [-0.4, -0.2) is 76.6 Å². The van der Waals surface area contributed by atoms with E-state index in [1.54, 1.807) is 30.6 Å². The van der Waals surface area contributed by atoms with Gasteiger partial charge in [-0.1, -0.05) is 25.2 Å². The maximum Gasteiger partial charge on any atom is 0.408 e. The lowest BCUT2D eigenvalue weighted by Crippen LogP contribution is -2.55. The number of carbonyl (C=O) groups excluding carboxylic acids is 1. The Labute approximate surface area is 247 Å². The van der Waals surface area contributed by atoms with Gasteiger partial charge in [0.2, 0.25) is 15.9 Å². The second kappa shape index (κ2) is 10.9. The first kappa shape index (κ1) is 31.0. The molecule has 18 heteroatoms. The van der Waals surface area contributed by atoms with Crippen molar-refractivity contribution in [2.24, 2.45) is 5.92 Å². The van der Waals surface area contributed by atoms with E-state index in [9.17, 15) is 40.4 Å². The molecule has 1 aliphatic heterocycles. The lowest BCUT2D eigenvalue weighted by atomic mass is 10.1. The van der Waals surface area contributed by atoms with E-state index in [1.165, 1.54) is 6.07 Å². The van der Waals surface area contributed by atoms with Crippen molar-refractivity contribution in [2.75, 3.05) is 24.5 Å². The van der Waals surface area contributed by atoms with E-state index >= 15 is 0 Å². The Hall–Kier alpha value is -3.43. The molecule has 2 fully saturated rings. The molecule has 2 aromatic heterocycles. The molecule has 5 rings (SSSR count). The number of amides is 1. The lowest BCUT2D eigenvalue weighted by molar-refractivity contribution is -0.142. The van der Waals surface area contributed by atoms with Crippen LogP contribution in [0.25, 0.3) is 21.6 Å². The number of piperazine rings is 1. The number of fused-ring (bicyclic) bond motifs is 1. The van der Waals surface area contributed by atoms with Crippen LogP contribution in [0.2, 0.25) is 0 Å². The Balaban J connectivity index is 1.71. The third-order valence-electron chi connectivity index (χ3n) is 7.31. The summed E-state index contributed by atoms with van der Waals surface area (Å²) in [4.78, 5) is 15.7. The van der Waals surface area contributed by atoms with Crippen molar-refractivity contribution in [3.8, 4) is 16.8 Å². The summed E-state index contributed by atoms with van der Waals surface area (Å²) in [6.07, 6.45) is -7.15. The first-order valence-electron chi connectivity index (χ1n) is 13.3. The van der Waals surface area contributed by atoms with Crippen molar-refractivity contribution >= 4 is 43.9 Å². The van der Waals surface area contributed by atoms with Gasteiger partial charge in [-0.15, -0.1) is 10.2 Å². The maximum absolute atomic E-state index is 13.8. The highest BCUT2D eigenvalue weighted by molar-refractivity contribution is 7.89. The summed E-state index contributed by atoms with van der Waals surface area (Å²) >= 11 is 0.430. The number of sulfonamides is 1. The zero-order chi connectivity index (χ0) is 31.5. The first-order chi connectivity index (χ1) is 20.0. The lowest BCUT2D eigenvalue weighted by Gasteiger charge is -2.42. The van der Waals surface area contributed by atoms with Gasteiger partial charge in [0.15, 0.2) is 10.0 Å². The van der Waals surface area contributed by atoms with Crippen LogP contribution < -0.4 is 9.62 Å². The average Bonchev–Trinajstić information content (AvgIpc) is 3.34. The Kier molecular flexibility index (Phi) is 7.88. The van der Waals surface area contributed by atoms with E-state index < -0.39 is 39.7 Å². The van der Waals surface area contributed by atoms with Gasteiger partial charge < -0.3 is 9.80 Å². The predicted octanol–water partition coefficient (Wildman–Crippen LogP) is 4.08. The molecule has 1 saturated carbocycles. The second-order valence-corrected chi connectivity index (χ2v) is 13.7. The van der Waals surface area contributed by atoms with Crippen LogP contribution in [0.1, 0.15) is 45.0 Å². The second-order valence-electron chi connectivity index (χ2n) is 11.0. The third kappa shape index (κ3) is 6.15. The van der Waals surface area contributed by atoms with E-state index in [1.807, 2.05) is 6.07 Å². The molecule has 43 heavy (non-hydrogen) atoms. The highest BCUT2D eigenvalue weighted by atomic mass is 32.2. The van der Waals surface area contributed by atoms with Crippen molar-refractivity contribution in [1.82, 2.24) is 29.6 Å². The van der Waals surface area contributed by atoms with E-state index in [4.69, 9.17) is 0 Å². The van der Waals surface area contributed by atoms with E-state index in [0.29, 0.717) is 16.0 Å². The van der Waals surface area contributed by atoms with Crippen LogP contribution in [0.3, 0.4) is 0 Å². The number of carbonyl (C=O) groups is 1. The normalized spacial score (nSPS) is 19.0. The fourth-order valence-electron chi connectivity index (χ4n) is 5.04. The van der Waals surface area contributed by atoms with Crippen LogP contribution >= 0.6 is 11.3 Å².